The van der Waals surface area contributed by atoms with E-state index in [4.69, 9.17) is 14.2 Å². The van der Waals surface area contributed by atoms with Crippen LogP contribution < -0.4 is 24.8 Å². The maximum absolute atomic E-state index is 12.6. The molecule has 0 radical (unpaired) electrons. The second-order valence-electron chi connectivity index (χ2n) is 8.68. The lowest BCUT2D eigenvalue weighted by Crippen LogP contribution is -2.49. The van der Waals surface area contributed by atoms with Gasteiger partial charge in [-0.1, -0.05) is 12.1 Å². The van der Waals surface area contributed by atoms with Crippen molar-refractivity contribution in [2.45, 2.75) is 19.3 Å². The molecule has 1 fully saturated rings. The maximum atomic E-state index is 12.6. The van der Waals surface area contributed by atoms with E-state index in [9.17, 15) is 14.4 Å². The van der Waals surface area contributed by atoms with Crippen LogP contribution in [-0.2, 0) is 16.0 Å². The Kier molecular flexibility index (Phi) is 8.62. The number of imide groups is 1. The van der Waals surface area contributed by atoms with E-state index in [2.05, 4.69) is 15.5 Å². The summed E-state index contributed by atoms with van der Waals surface area (Å²) in [6, 6.07) is 12.2. The number of carbonyl (C=O) groups excluding carboxylic acids is 3. The first kappa shape index (κ1) is 25.3. The van der Waals surface area contributed by atoms with Gasteiger partial charge in [-0.05, 0) is 36.2 Å². The zero-order valence-corrected chi connectivity index (χ0v) is 20.5. The van der Waals surface area contributed by atoms with Gasteiger partial charge in [0, 0.05) is 57.3 Å². The number of ether oxygens (including phenoxy) is 3. The number of nitrogens with one attached hydrogen (secondary N) is 2. The first-order valence-electron chi connectivity index (χ1n) is 12.1. The van der Waals surface area contributed by atoms with Crippen molar-refractivity contribution in [3.8, 4) is 17.2 Å². The monoisotopic (exact) mass is 496 g/mol. The fraction of sp³-hybridized carbons (Fsp3) is 0.423. The minimum Gasteiger partial charge on any atom is -0.497 e. The van der Waals surface area contributed by atoms with Crippen LogP contribution in [0, 0.1) is 0 Å². The summed E-state index contributed by atoms with van der Waals surface area (Å²) in [5.74, 6) is 1.77. The Hall–Kier alpha value is -3.79. The van der Waals surface area contributed by atoms with E-state index in [0.717, 1.165) is 11.3 Å². The molecule has 10 nitrogen and oxygen atoms in total. The molecule has 4 rings (SSSR count). The van der Waals surface area contributed by atoms with E-state index in [1.165, 1.54) is 0 Å². The number of methoxy groups -OCH3 is 1. The van der Waals surface area contributed by atoms with Crippen molar-refractivity contribution in [3.05, 3.63) is 48.0 Å². The second-order valence-corrected chi connectivity index (χ2v) is 8.68. The third kappa shape index (κ3) is 7.11. The molecule has 0 atom stereocenters. The number of amides is 4. The minimum atomic E-state index is -0.594. The van der Waals surface area contributed by atoms with E-state index in [0.29, 0.717) is 76.0 Å². The number of carbonyl (C=O) groups is 3. The summed E-state index contributed by atoms with van der Waals surface area (Å²) in [5, 5.41) is 4.99. The molecule has 0 aliphatic carbocycles. The molecular formula is C26H32N4O6. The highest BCUT2D eigenvalue weighted by Crippen LogP contribution is 2.32. The summed E-state index contributed by atoms with van der Waals surface area (Å²) < 4.78 is 16.1. The van der Waals surface area contributed by atoms with Crippen molar-refractivity contribution in [2.24, 2.45) is 0 Å². The van der Waals surface area contributed by atoms with Gasteiger partial charge in [0.05, 0.1) is 7.11 Å². The fourth-order valence-corrected chi connectivity index (χ4v) is 4.15. The number of anilines is 1. The molecule has 36 heavy (non-hydrogen) atoms. The Labute approximate surface area is 210 Å². The van der Waals surface area contributed by atoms with Crippen LogP contribution in [0.25, 0.3) is 0 Å². The number of nitrogens with zero attached hydrogens (tertiary/aromatic N) is 2. The number of rotatable bonds is 8. The van der Waals surface area contributed by atoms with E-state index in [1.807, 2.05) is 29.2 Å². The van der Waals surface area contributed by atoms with Crippen molar-refractivity contribution >= 4 is 23.5 Å². The minimum absolute atomic E-state index is 0.138. The van der Waals surface area contributed by atoms with Gasteiger partial charge in [0.1, 0.15) is 19.0 Å². The summed E-state index contributed by atoms with van der Waals surface area (Å²) in [6.07, 6.45) is 1.35. The number of fused-ring (bicyclic) bond motifs is 1. The van der Waals surface area contributed by atoms with E-state index in [1.54, 1.807) is 25.3 Å². The molecule has 0 unspecified atom stereocenters. The van der Waals surface area contributed by atoms with Crippen molar-refractivity contribution in [1.82, 2.24) is 15.1 Å². The van der Waals surface area contributed by atoms with Gasteiger partial charge in [0.25, 0.3) is 0 Å². The van der Waals surface area contributed by atoms with E-state index in [-0.39, 0.29) is 18.2 Å². The molecule has 0 aromatic heterocycles. The van der Waals surface area contributed by atoms with Gasteiger partial charge in [-0.2, -0.15) is 0 Å². The lowest BCUT2D eigenvalue weighted by molar-refractivity contribution is -0.133. The van der Waals surface area contributed by atoms with Gasteiger partial charge in [-0.25, -0.2) is 4.79 Å². The average molecular weight is 497 g/mol. The molecule has 2 aromatic carbocycles. The predicted octanol–water partition coefficient (Wildman–Crippen LogP) is 2.28. The van der Waals surface area contributed by atoms with Crippen LogP contribution in [-0.4, -0.2) is 80.7 Å². The number of piperazine rings is 1. The first-order valence-corrected chi connectivity index (χ1v) is 12.1. The van der Waals surface area contributed by atoms with Gasteiger partial charge in [0.15, 0.2) is 11.5 Å². The normalized spacial score (nSPS) is 15.2. The van der Waals surface area contributed by atoms with E-state index >= 15 is 0 Å². The van der Waals surface area contributed by atoms with Gasteiger partial charge in [0.2, 0.25) is 11.8 Å². The molecule has 0 saturated carbocycles. The second kappa shape index (κ2) is 12.3. The largest absolute Gasteiger partial charge is 0.497 e. The average Bonchev–Trinajstić information content (AvgIpc) is 2.91. The van der Waals surface area contributed by atoms with Crippen LogP contribution in [0.2, 0.25) is 0 Å². The molecule has 2 N–H and O–H groups in total. The van der Waals surface area contributed by atoms with Crippen LogP contribution in [0.3, 0.4) is 0 Å². The van der Waals surface area contributed by atoms with E-state index < -0.39 is 6.03 Å². The molecule has 192 valence electrons. The Morgan fingerprint density at radius 1 is 0.917 bits per heavy atom. The highest BCUT2D eigenvalue weighted by molar-refractivity contribution is 6.01. The first-order chi connectivity index (χ1) is 17.5. The highest BCUT2D eigenvalue weighted by atomic mass is 16.6. The van der Waals surface area contributed by atoms with Crippen LogP contribution in [0.1, 0.15) is 18.4 Å². The number of benzene rings is 2. The van der Waals surface area contributed by atoms with Crippen molar-refractivity contribution in [2.75, 3.05) is 58.4 Å². The number of aryl methyl sites for hydroxylation is 1. The summed E-state index contributed by atoms with van der Waals surface area (Å²) in [7, 11) is 1.63. The Morgan fingerprint density at radius 2 is 1.64 bits per heavy atom. The zero-order valence-electron chi connectivity index (χ0n) is 20.5. The topological polar surface area (TPSA) is 109 Å². The molecule has 10 heteroatoms. The zero-order chi connectivity index (χ0) is 25.3. The van der Waals surface area contributed by atoms with Gasteiger partial charge < -0.3 is 24.4 Å². The van der Waals surface area contributed by atoms with Crippen LogP contribution in [0.4, 0.5) is 10.5 Å². The summed E-state index contributed by atoms with van der Waals surface area (Å²) in [4.78, 5) is 41.0. The summed E-state index contributed by atoms with van der Waals surface area (Å²) in [5.41, 5.74) is 1.61. The number of hydrogen-bond donors (Lipinski definition) is 2. The molecule has 2 aliphatic rings. The third-order valence-electron chi connectivity index (χ3n) is 6.22. The standard InChI is InChI=1S/C26H32N4O6/c1-34-21-6-2-19(3-7-21)4-9-25(32)30-14-12-29(13-15-30)11-10-24(31)28-26(33)27-20-5-8-22-23(18-20)36-17-16-35-22/h2-3,5-8,18H,4,9-17H2,1H3,(H2,27,28,31,33). The van der Waals surface area contributed by atoms with Crippen LogP contribution >= 0.6 is 0 Å². The Balaban J connectivity index is 1.12. The lowest BCUT2D eigenvalue weighted by atomic mass is 10.1. The maximum Gasteiger partial charge on any atom is 0.325 e. The van der Waals surface area contributed by atoms with Crippen LogP contribution in [0.15, 0.2) is 42.5 Å². The highest BCUT2D eigenvalue weighted by Gasteiger charge is 2.21. The molecule has 2 heterocycles. The third-order valence-corrected chi connectivity index (χ3v) is 6.22. The smallest absolute Gasteiger partial charge is 0.325 e. The Bertz CT molecular complexity index is 1070. The van der Waals surface area contributed by atoms with Gasteiger partial charge in [-0.3, -0.25) is 19.8 Å². The molecule has 2 aromatic rings. The molecule has 0 bridgehead atoms. The van der Waals surface area contributed by atoms with Gasteiger partial charge in [-0.15, -0.1) is 0 Å². The lowest BCUT2D eigenvalue weighted by Gasteiger charge is -2.34. The van der Waals surface area contributed by atoms with Crippen molar-refractivity contribution in [1.29, 1.82) is 0 Å². The number of hydrogen-bond acceptors (Lipinski definition) is 7. The van der Waals surface area contributed by atoms with Gasteiger partial charge >= 0.3 is 6.03 Å². The Morgan fingerprint density at radius 3 is 2.36 bits per heavy atom. The quantitative estimate of drug-likeness (QED) is 0.577. The van der Waals surface area contributed by atoms with Crippen molar-refractivity contribution < 1.29 is 28.6 Å². The molecule has 2 aliphatic heterocycles. The fourth-order valence-electron chi connectivity index (χ4n) is 4.15. The van der Waals surface area contributed by atoms with Crippen molar-refractivity contribution in [3.63, 3.8) is 0 Å². The predicted molar refractivity (Wildman–Crippen MR) is 134 cm³/mol. The summed E-state index contributed by atoms with van der Waals surface area (Å²) in [6.45, 7) is 4.13. The SMILES string of the molecule is COc1ccc(CCC(=O)N2CCN(CCC(=O)NC(=O)Nc3ccc4c(c3)OCCO4)CC2)cc1. The molecule has 4 amide bonds. The van der Waals surface area contributed by atoms with Crippen LogP contribution in [0.5, 0.6) is 17.2 Å². The summed E-state index contributed by atoms with van der Waals surface area (Å²) >= 11 is 0. The number of urea groups is 1. The molecule has 0 spiro atoms. The molecular weight excluding hydrogens is 464 g/mol. The molecule has 1 saturated heterocycles.